The van der Waals surface area contributed by atoms with E-state index in [0.717, 1.165) is 29.6 Å². The second-order valence-corrected chi connectivity index (χ2v) is 5.02. The molecule has 1 aromatic carbocycles. The van der Waals surface area contributed by atoms with Crippen molar-refractivity contribution in [2.24, 2.45) is 5.92 Å². The Hall–Kier alpha value is -0.950. The molecule has 0 aliphatic carbocycles. The monoisotopic (exact) mass is 235 g/mol. The molecule has 0 bridgehead atoms. The summed E-state index contributed by atoms with van der Waals surface area (Å²) >= 11 is 6.30. The van der Waals surface area contributed by atoms with Gasteiger partial charge in [0, 0.05) is 13.1 Å². The summed E-state index contributed by atoms with van der Waals surface area (Å²) in [6, 6.07) is 6.17. The van der Waals surface area contributed by atoms with Gasteiger partial charge in [-0.25, -0.2) is 0 Å². The van der Waals surface area contributed by atoms with Crippen LogP contribution in [0.2, 0.25) is 5.02 Å². The highest BCUT2D eigenvalue weighted by Gasteiger charge is 2.18. The van der Waals surface area contributed by atoms with Gasteiger partial charge < -0.3 is 4.90 Å². The van der Waals surface area contributed by atoms with Gasteiger partial charge in [0.05, 0.1) is 10.7 Å². The van der Waals surface area contributed by atoms with E-state index in [2.05, 4.69) is 30.5 Å². The van der Waals surface area contributed by atoms with Crippen molar-refractivity contribution < 1.29 is 0 Å². The summed E-state index contributed by atoms with van der Waals surface area (Å²) in [6.45, 7) is 8.30. The number of rotatable bonds is 2. The van der Waals surface area contributed by atoms with Crippen molar-refractivity contribution in [2.75, 3.05) is 18.0 Å². The van der Waals surface area contributed by atoms with Crippen molar-refractivity contribution in [1.82, 2.24) is 0 Å². The molecule has 0 aromatic heterocycles. The maximum absolute atomic E-state index is 6.30. The molecule has 0 N–H and O–H groups in total. The average molecular weight is 236 g/mol. The Morgan fingerprint density at radius 3 is 2.94 bits per heavy atom. The Bertz CT molecular complexity index is 386. The molecule has 1 unspecified atom stereocenters. The number of nitrogens with zero attached hydrogens (tertiary/aromatic N) is 1. The fraction of sp³-hybridized carbons (Fsp3) is 0.429. The maximum Gasteiger partial charge on any atom is 0.0645 e. The first-order valence-electron chi connectivity index (χ1n) is 5.87. The van der Waals surface area contributed by atoms with E-state index in [4.69, 9.17) is 11.6 Å². The summed E-state index contributed by atoms with van der Waals surface area (Å²) < 4.78 is 0. The predicted octanol–water partition coefficient (Wildman–Crippen LogP) is 4.22. The van der Waals surface area contributed by atoms with Gasteiger partial charge in [-0.1, -0.05) is 37.2 Å². The fourth-order valence-corrected chi connectivity index (χ4v) is 2.62. The second-order valence-electron chi connectivity index (χ2n) is 4.61. The third-order valence-electron chi connectivity index (χ3n) is 3.21. The van der Waals surface area contributed by atoms with Gasteiger partial charge in [0.2, 0.25) is 0 Å². The largest absolute Gasteiger partial charge is 0.370 e. The summed E-state index contributed by atoms with van der Waals surface area (Å²) in [5.74, 6) is 0.767. The van der Waals surface area contributed by atoms with Crippen molar-refractivity contribution in [1.29, 1.82) is 0 Å². The van der Waals surface area contributed by atoms with Crippen molar-refractivity contribution in [3.8, 4) is 0 Å². The van der Waals surface area contributed by atoms with Crippen molar-refractivity contribution in [3.63, 3.8) is 0 Å². The first kappa shape index (κ1) is 11.5. The van der Waals surface area contributed by atoms with Crippen LogP contribution in [0.5, 0.6) is 0 Å². The smallest absolute Gasteiger partial charge is 0.0645 e. The molecule has 0 saturated carbocycles. The van der Waals surface area contributed by atoms with Crippen molar-refractivity contribution in [3.05, 3.63) is 35.4 Å². The normalized spacial score (nSPS) is 20.9. The SMILES string of the molecule is C=Cc1ccc(N2CCCC(C)C2)c(Cl)c1. The van der Waals surface area contributed by atoms with E-state index in [-0.39, 0.29) is 0 Å². The van der Waals surface area contributed by atoms with Gasteiger partial charge in [-0.05, 0) is 36.5 Å². The number of halogens is 1. The van der Waals surface area contributed by atoms with E-state index >= 15 is 0 Å². The second kappa shape index (κ2) is 4.92. The minimum absolute atomic E-state index is 0.767. The van der Waals surface area contributed by atoms with Crippen LogP contribution in [-0.4, -0.2) is 13.1 Å². The van der Waals surface area contributed by atoms with Crippen molar-refractivity contribution in [2.45, 2.75) is 19.8 Å². The maximum atomic E-state index is 6.30. The molecule has 1 saturated heterocycles. The van der Waals surface area contributed by atoms with Crippen molar-refractivity contribution >= 4 is 23.4 Å². The summed E-state index contributed by atoms with van der Waals surface area (Å²) in [5.41, 5.74) is 2.25. The van der Waals surface area contributed by atoms with Crippen LogP contribution < -0.4 is 4.90 Å². The minimum atomic E-state index is 0.767. The van der Waals surface area contributed by atoms with Gasteiger partial charge in [0.1, 0.15) is 0 Å². The molecule has 1 aliphatic rings. The van der Waals surface area contributed by atoms with E-state index in [1.165, 1.54) is 18.5 Å². The van der Waals surface area contributed by atoms with Gasteiger partial charge in [0.15, 0.2) is 0 Å². The molecule has 2 rings (SSSR count). The topological polar surface area (TPSA) is 3.24 Å². The van der Waals surface area contributed by atoms with Crippen LogP contribution in [0.3, 0.4) is 0 Å². The zero-order valence-electron chi connectivity index (χ0n) is 9.75. The van der Waals surface area contributed by atoms with Crippen LogP contribution in [0.4, 0.5) is 5.69 Å². The first-order chi connectivity index (χ1) is 7.70. The lowest BCUT2D eigenvalue weighted by Crippen LogP contribution is -2.34. The van der Waals surface area contributed by atoms with Crippen LogP contribution in [0.15, 0.2) is 24.8 Å². The Morgan fingerprint density at radius 1 is 1.50 bits per heavy atom. The molecule has 1 nitrogen and oxygen atoms in total. The summed E-state index contributed by atoms with van der Waals surface area (Å²) in [7, 11) is 0. The molecular weight excluding hydrogens is 218 g/mol. The summed E-state index contributed by atoms with van der Waals surface area (Å²) in [4.78, 5) is 2.39. The molecule has 0 radical (unpaired) electrons. The Morgan fingerprint density at radius 2 is 2.31 bits per heavy atom. The number of hydrogen-bond donors (Lipinski definition) is 0. The van der Waals surface area contributed by atoms with Gasteiger partial charge in [-0.2, -0.15) is 0 Å². The lowest BCUT2D eigenvalue weighted by Gasteiger charge is -2.33. The van der Waals surface area contributed by atoms with E-state index < -0.39 is 0 Å². The molecule has 0 amide bonds. The minimum Gasteiger partial charge on any atom is -0.370 e. The molecule has 16 heavy (non-hydrogen) atoms. The Kier molecular flexibility index (Phi) is 3.55. The quantitative estimate of drug-likeness (QED) is 0.742. The van der Waals surface area contributed by atoms with Crippen LogP contribution in [-0.2, 0) is 0 Å². The third kappa shape index (κ3) is 2.41. The molecule has 0 spiro atoms. The molecule has 1 heterocycles. The van der Waals surface area contributed by atoms with Gasteiger partial charge in [-0.3, -0.25) is 0 Å². The van der Waals surface area contributed by atoms with E-state index in [1.54, 1.807) is 0 Å². The predicted molar refractivity (Wildman–Crippen MR) is 72.2 cm³/mol. The average Bonchev–Trinajstić information content (AvgIpc) is 2.28. The summed E-state index contributed by atoms with van der Waals surface area (Å²) in [5, 5.41) is 0.839. The van der Waals surface area contributed by atoms with E-state index in [0.29, 0.717) is 0 Å². The highest BCUT2D eigenvalue weighted by atomic mass is 35.5. The first-order valence-corrected chi connectivity index (χ1v) is 6.25. The van der Waals surface area contributed by atoms with E-state index in [1.807, 2.05) is 12.1 Å². The molecule has 1 fully saturated rings. The fourth-order valence-electron chi connectivity index (χ4n) is 2.31. The molecule has 86 valence electrons. The molecule has 1 atom stereocenters. The van der Waals surface area contributed by atoms with Gasteiger partial charge in [0.25, 0.3) is 0 Å². The Balaban J connectivity index is 2.22. The highest BCUT2D eigenvalue weighted by molar-refractivity contribution is 6.33. The standard InChI is InChI=1S/C14H18ClN/c1-3-12-6-7-14(13(15)9-12)16-8-4-5-11(2)10-16/h3,6-7,9,11H,1,4-5,8,10H2,2H3. The number of hydrogen-bond acceptors (Lipinski definition) is 1. The van der Waals surface area contributed by atoms with Crippen LogP contribution >= 0.6 is 11.6 Å². The van der Waals surface area contributed by atoms with Gasteiger partial charge >= 0.3 is 0 Å². The van der Waals surface area contributed by atoms with Crippen LogP contribution in [0.1, 0.15) is 25.3 Å². The third-order valence-corrected chi connectivity index (χ3v) is 3.51. The lowest BCUT2D eigenvalue weighted by molar-refractivity contribution is 0.447. The zero-order valence-corrected chi connectivity index (χ0v) is 10.5. The lowest BCUT2D eigenvalue weighted by atomic mass is 9.99. The van der Waals surface area contributed by atoms with E-state index in [9.17, 15) is 0 Å². The molecule has 1 aromatic rings. The Labute approximate surface area is 103 Å². The number of anilines is 1. The molecule has 1 aliphatic heterocycles. The van der Waals surface area contributed by atoms with Gasteiger partial charge in [-0.15, -0.1) is 0 Å². The van der Waals surface area contributed by atoms with Crippen LogP contribution in [0, 0.1) is 5.92 Å². The zero-order chi connectivity index (χ0) is 11.5. The highest BCUT2D eigenvalue weighted by Crippen LogP contribution is 2.30. The molecular formula is C14H18ClN. The molecule has 2 heteroatoms. The van der Waals surface area contributed by atoms with Crippen LogP contribution in [0.25, 0.3) is 6.08 Å². The summed E-state index contributed by atoms with van der Waals surface area (Å²) in [6.07, 6.45) is 4.42. The number of benzene rings is 1. The number of piperidine rings is 1.